The minimum atomic E-state index is 0.324. The highest BCUT2D eigenvalue weighted by molar-refractivity contribution is 4.91. The molecule has 2 aliphatic rings. The number of piperidine rings is 1. The third kappa shape index (κ3) is 4.71. The first-order valence-corrected chi connectivity index (χ1v) is 7.82. The summed E-state index contributed by atoms with van der Waals surface area (Å²) in [6.07, 6.45) is 2.62. The Morgan fingerprint density at radius 3 is 2.42 bits per heavy atom. The molecule has 19 heavy (non-hydrogen) atoms. The van der Waals surface area contributed by atoms with E-state index >= 15 is 0 Å². The molecule has 0 aromatic carbocycles. The van der Waals surface area contributed by atoms with Gasteiger partial charge < -0.3 is 10.2 Å². The molecule has 0 aromatic rings. The Balaban J connectivity index is 1.73. The van der Waals surface area contributed by atoms with Crippen LogP contribution in [0.2, 0.25) is 0 Å². The molecule has 2 heterocycles. The van der Waals surface area contributed by atoms with E-state index in [1.165, 1.54) is 58.7 Å². The Morgan fingerprint density at radius 2 is 1.84 bits per heavy atom. The van der Waals surface area contributed by atoms with Crippen molar-refractivity contribution in [1.82, 2.24) is 20.0 Å². The molecule has 0 aliphatic carbocycles. The number of nitrogens with zero attached hydrogens (tertiary/aromatic N) is 3. The maximum atomic E-state index is 3.63. The summed E-state index contributed by atoms with van der Waals surface area (Å²) >= 11 is 0. The van der Waals surface area contributed by atoms with Crippen LogP contribution in [0.25, 0.3) is 0 Å². The van der Waals surface area contributed by atoms with Gasteiger partial charge >= 0.3 is 0 Å². The monoisotopic (exact) mass is 268 g/mol. The van der Waals surface area contributed by atoms with E-state index in [4.69, 9.17) is 0 Å². The minimum absolute atomic E-state index is 0.324. The molecule has 2 aliphatic heterocycles. The number of hydrogen-bond donors (Lipinski definition) is 1. The van der Waals surface area contributed by atoms with Crippen molar-refractivity contribution in [3.05, 3.63) is 0 Å². The normalized spacial score (nSPS) is 29.8. The lowest BCUT2D eigenvalue weighted by Gasteiger charge is -2.45. The summed E-state index contributed by atoms with van der Waals surface area (Å²) in [5.74, 6) is 0. The van der Waals surface area contributed by atoms with Crippen molar-refractivity contribution in [3.8, 4) is 0 Å². The lowest BCUT2D eigenvalue weighted by atomic mass is 9.88. The molecule has 1 atom stereocenters. The van der Waals surface area contributed by atoms with Gasteiger partial charge in [0.15, 0.2) is 0 Å². The van der Waals surface area contributed by atoms with Gasteiger partial charge in [0, 0.05) is 50.8 Å². The van der Waals surface area contributed by atoms with Crippen molar-refractivity contribution < 1.29 is 0 Å². The van der Waals surface area contributed by atoms with Crippen LogP contribution in [0, 0.1) is 0 Å². The van der Waals surface area contributed by atoms with Crippen LogP contribution in [0.3, 0.4) is 0 Å². The van der Waals surface area contributed by atoms with E-state index in [-0.39, 0.29) is 0 Å². The first kappa shape index (κ1) is 15.2. The highest BCUT2D eigenvalue weighted by atomic mass is 15.3. The van der Waals surface area contributed by atoms with Crippen molar-refractivity contribution in [2.45, 2.75) is 38.3 Å². The third-order valence-electron chi connectivity index (χ3n) is 4.61. The standard InChI is InChI=1S/C15H32N4/c1-15(2)13-14(5-6-16-15)19-11-9-18(10-12-19)8-7-17(3)4/h14,16H,5-13H2,1-4H3. The summed E-state index contributed by atoms with van der Waals surface area (Å²) in [6, 6.07) is 0.798. The molecule has 4 heteroatoms. The average molecular weight is 268 g/mol. The van der Waals surface area contributed by atoms with Crippen molar-refractivity contribution in [2.75, 3.05) is 59.9 Å². The summed E-state index contributed by atoms with van der Waals surface area (Å²) in [5, 5.41) is 3.63. The molecule has 0 saturated carbocycles. The van der Waals surface area contributed by atoms with Gasteiger partial charge in [0.25, 0.3) is 0 Å². The van der Waals surface area contributed by atoms with Crippen molar-refractivity contribution in [1.29, 1.82) is 0 Å². The number of likely N-dealkylation sites (N-methyl/N-ethyl adjacent to an activating group) is 1. The Bertz CT molecular complexity index is 269. The molecule has 0 spiro atoms. The number of rotatable bonds is 4. The second kappa shape index (κ2) is 6.53. The van der Waals surface area contributed by atoms with Gasteiger partial charge in [-0.15, -0.1) is 0 Å². The molecule has 4 nitrogen and oxygen atoms in total. The van der Waals surface area contributed by atoms with Crippen LogP contribution in [0.15, 0.2) is 0 Å². The van der Waals surface area contributed by atoms with Crippen LogP contribution < -0.4 is 5.32 Å². The first-order chi connectivity index (χ1) is 8.96. The number of nitrogens with one attached hydrogen (secondary N) is 1. The van der Waals surface area contributed by atoms with E-state index in [1.807, 2.05) is 0 Å². The molecular weight excluding hydrogens is 236 g/mol. The molecule has 1 N–H and O–H groups in total. The topological polar surface area (TPSA) is 21.8 Å². The Kier molecular flexibility index (Phi) is 5.23. The zero-order valence-corrected chi connectivity index (χ0v) is 13.3. The van der Waals surface area contributed by atoms with Gasteiger partial charge in [0.05, 0.1) is 0 Å². The Hall–Kier alpha value is -0.160. The van der Waals surface area contributed by atoms with Gasteiger partial charge in [0.1, 0.15) is 0 Å². The molecule has 0 amide bonds. The minimum Gasteiger partial charge on any atom is -0.312 e. The molecular formula is C15H32N4. The summed E-state index contributed by atoms with van der Waals surface area (Å²) in [5.41, 5.74) is 0.324. The van der Waals surface area contributed by atoms with Gasteiger partial charge in [-0.05, 0) is 47.3 Å². The van der Waals surface area contributed by atoms with E-state index in [9.17, 15) is 0 Å². The first-order valence-electron chi connectivity index (χ1n) is 7.82. The van der Waals surface area contributed by atoms with Gasteiger partial charge in [-0.25, -0.2) is 0 Å². The van der Waals surface area contributed by atoms with Crippen molar-refractivity contribution >= 4 is 0 Å². The molecule has 2 saturated heterocycles. The molecule has 0 radical (unpaired) electrons. The van der Waals surface area contributed by atoms with Crippen LogP contribution >= 0.6 is 0 Å². The van der Waals surface area contributed by atoms with Crippen LogP contribution in [0.5, 0.6) is 0 Å². The zero-order valence-electron chi connectivity index (χ0n) is 13.3. The Morgan fingerprint density at radius 1 is 1.16 bits per heavy atom. The van der Waals surface area contributed by atoms with Gasteiger partial charge in [-0.3, -0.25) is 9.80 Å². The highest BCUT2D eigenvalue weighted by Crippen LogP contribution is 2.23. The SMILES string of the molecule is CN(C)CCN1CCN(C2CCNC(C)(C)C2)CC1. The molecule has 2 rings (SSSR count). The number of hydrogen-bond acceptors (Lipinski definition) is 4. The fraction of sp³-hybridized carbons (Fsp3) is 1.00. The van der Waals surface area contributed by atoms with E-state index in [2.05, 4.69) is 48.0 Å². The maximum Gasteiger partial charge on any atom is 0.0140 e. The van der Waals surface area contributed by atoms with Gasteiger partial charge in [-0.1, -0.05) is 0 Å². The van der Waals surface area contributed by atoms with Crippen LogP contribution in [0.1, 0.15) is 26.7 Å². The zero-order chi connectivity index (χ0) is 13.9. The second-order valence-corrected chi connectivity index (χ2v) is 7.14. The fourth-order valence-electron chi connectivity index (χ4n) is 3.35. The Labute approximate surface area is 119 Å². The van der Waals surface area contributed by atoms with E-state index in [0.717, 1.165) is 6.04 Å². The van der Waals surface area contributed by atoms with Crippen LogP contribution in [-0.4, -0.2) is 86.2 Å². The number of piperazine rings is 1. The predicted molar refractivity (Wildman–Crippen MR) is 81.7 cm³/mol. The summed E-state index contributed by atoms with van der Waals surface area (Å²) in [7, 11) is 4.32. The molecule has 0 bridgehead atoms. The van der Waals surface area contributed by atoms with Crippen molar-refractivity contribution in [3.63, 3.8) is 0 Å². The average Bonchev–Trinajstić information content (AvgIpc) is 2.36. The molecule has 0 aromatic heterocycles. The van der Waals surface area contributed by atoms with Crippen molar-refractivity contribution in [2.24, 2.45) is 0 Å². The summed E-state index contributed by atoms with van der Waals surface area (Å²) < 4.78 is 0. The molecule has 112 valence electrons. The molecule has 2 fully saturated rings. The quantitative estimate of drug-likeness (QED) is 0.810. The molecule has 1 unspecified atom stereocenters. The second-order valence-electron chi connectivity index (χ2n) is 7.14. The lowest BCUT2D eigenvalue weighted by molar-refractivity contribution is 0.0601. The fourth-order valence-corrected chi connectivity index (χ4v) is 3.35. The highest BCUT2D eigenvalue weighted by Gasteiger charge is 2.32. The van der Waals surface area contributed by atoms with E-state index < -0.39 is 0 Å². The lowest BCUT2D eigenvalue weighted by Crippen LogP contribution is -2.57. The third-order valence-corrected chi connectivity index (χ3v) is 4.61. The predicted octanol–water partition coefficient (Wildman–Crippen LogP) is 0.696. The van der Waals surface area contributed by atoms with E-state index in [0.29, 0.717) is 5.54 Å². The largest absolute Gasteiger partial charge is 0.312 e. The summed E-state index contributed by atoms with van der Waals surface area (Å²) in [6.45, 7) is 13.3. The van der Waals surface area contributed by atoms with Gasteiger partial charge in [0.2, 0.25) is 0 Å². The summed E-state index contributed by atoms with van der Waals surface area (Å²) in [4.78, 5) is 7.62. The maximum absolute atomic E-state index is 3.63. The van der Waals surface area contributed by atoms with Crippen LogP contribution in [0.4, 0.5) is 0 Å². The van der Waals surface area contributed by atoms with Gasteiger partial charge in [-0.2, -0.15) is 0 Å². The van der Waals surface area contributed by atoms with Crippen LogP contribution in [-0.2, 0) is 0 Å². The van der Waals surface area contributed by atoms with E-state index in [1.54, 1.807) is 0 Å². The smallest absolute Gasteiger partial charge is 0.0140 e.